The van der Waals surface area contributed by atoms with Gasteiger partial charge in [-0.05, 0) is 32.7 Å². The molecule has 0 amide bonds. The lowest BCUT2D eigenvalue weighted by atomic mass is 9.99. The standard InChI is InChI=1S/C15H20F3N5/c1-9-12(10(2)22-21-9)6-19-5-11-3-4-14-20-13(15(16,17)18)8-23(14)7-11/h8,11,19H,3-7H2,1-2H3,(H,21,22)/t11-/m1/s1. The number of rotatable bonds is 4. The predicted octanol–water partition coefficient (Wildman–Crippen LogP) is 2.59. The third-order valence-corrected chi connectivity index (χ3v) is 4.40. The van der Waals surface area contributed by atoms with E-state index in [4.69, 9.17) is 0 Å². The average Bonchev–Trinajstić information content (AvgIpc) is 3.04. The van der Waals surface area contributed by atoms with Gasteiger partial charge in [0.1, 0.15) is 5.82 Å². The van der Waals surface area contributed by atoms with Crippen LogP contribution in [0.15, 0.2) is 6.20 Å². The van der Waals surface area contributed by atoms with Crippen molar-refractivity contribution in [2.75, 3.05) is 6.54 Å². The first-order chi connectivity index (χ1) is 10.8. The number of aryl methyl sites for hydroxylation is 3. The number of nitrogens with one attached hydrogen (secondary N) is 2. The van der Waals surface area contributed by atoms with E-state index >= 15 is 0 Å². The first-order valence-corrected chi connectivity index (χ1v) is 7.69. The summed E-state index contributed by atoms with van der Waals surface area (Å²) < 4.78 is 39.8. The fraction of sp³-hybridized carbons (Fsp3) is 0.600. The molecule has 0 unspecified atom stereocenters. The highest BCUT2D eigenvalue weighted by Crippen LogP contribution is 2.30. The number of aromatic amines is 1. The number of hydrogen-bond acceptors (Lipinski definition) is 3. The van der Waals surface area contributed by atoms with Crippen LogP contribution in [0.2, 0.25) is 0 Å². The van der Waals surface area contributed by atoms with E-state index < -0.39 is 11.9 Å². The lowest BCUT2D eigenvalue weighted by Crippen LogP contribution is -2.30. The Balaban J connectivity index is 1.57. The summed E-state index contributed by atoms with van der Waals surface area (Å²) in [6, 6.07) is 0. The normalized spacial score (nSPS) is 18.2. The van der Waals surface area contributed by atoms with Crippen LogP contribution >= 0.6 is 0 Å². The van der Waals surface area contributed by atoms with Gasteiger partial charge < -0.3 is 9.88 Å². The molecule has 0 aromatic carbocycles. The van der Waals surface area contributed by atoms with Gasteiger partial charge in [0.2, 0.25) is 0 Å². The quantitative estimate of drug-likeness (QED) is 0.907. The molecule has 2 aromatic rings. The second-order valence-corrected chi connectivity index (χ2v) is 6.14. The highest BCUT2D eigenvalue weighted by molar-refractivity contribution is 5.22. The number of nitrogens with zero attached hydrogens (tertiary/aromatic N) is 3. The van der Waals surface area contributed by atoms with Gasteiger partial charge in [-0.25, -0.2) is 4.98 Å². The van der Waals surface area contributed by atoms with E-state index in [-0.39, 0.29) is 0 Å². The highest BCUT2D eigenvalue weighted by atomic mass is 19.4. The molecule has 0 radical (unpaired) electrons. The highest BCUT2D eigenvalue weighted by Gasteiger charge is 2.35. The first-order valence-electron chi connectivity index (χ1n) is 7.69. The zero-order valence-corrected chi connectivity index (χ0v) is 13.2. The van der Waals surface area contributed by atoms with E-state index in [1.54, 1.807) is 4.57 Å². The summed E-state index contributed by atoms with van der Waals surface area (Å²) in [7, 11) is 0. The summed E-state index contributed by atoms with van der Waals surface area (Å²) in [6.45, 7) is 6.00. The van der Waals surface area contributed by atoms with E-state index in [1.807, 2.05) is 13.8 Å². The fourth-order valence-electron chi connectivity index (χ4n) is 3.05. The molecule has 0 aliphatic carbocycles. The molecule has 126 valence electrons. The van der Waals surface area contributed by atoms with Crippen molar-refractivity contribution in [3.8, 4) is 0 Å². The number of imidazole rings is 1. The van der Waals surface area contributed by atoms with Crippen LogP contribution in [0.25, 0.3) is 0 Å². The van der Waals surface area contributed by atoms with Crippen molar-refractivity contribution in [1.29, 1.82) is 0 Å². The van der Waals surface area contributed by atoms with E-state index in [1.165, 1.54) is 0 Å². The van der Waals surface area contributed by atoms with Crippen molar-refractivity contribution >= 4 is 0 Å². The topological polar surface area (TPSA) is 58.5 Å². The zero-order chi connectivity index (χ0) is 16.6. The number of halogens is 3. The van der Waals surface area contributed by atoms with E-state index in [9.17, 15) is 13.2 Å². The Morgan fingerprint density at radius 1 is 1.39 bits per heavy atom. The Morgan fingerprint density at radius 3 is 2.83 bits per heavy atom. The molecule has 3 rings (SSSR count). The van der Waals surface area contributed by atoms with Crippen molar-refractivity contribution in [3.05, 3.63) is 34.7 Å². The van der Waals surface area contributed by atoms with Crippen molar-refractivity contribution in [1.82, 2.24) is 25.1 Å². The van der Waals surface area contributed by atoms with Crippen LogP contribution in [0.4, 0.5) is 13.2 Å². The molecular formula is C15H20F3N5. The molecule has 1 atom stereocenters. The summed E-state index contributed by atoms with van der Waals surface area (Å²) in [5, 5.41) is 10.5. The molecule has 0 bridgehead atoms. The average molecular weight is 327 g/mol. The molecule has 1 aliphatic heterocycles. The summed E-state index contributed by atoms with van der Waals surface area (Å²) in [5.74, 6) is 0.848. The van der Waals surface area contributed by atoms with Crippen LogP contribution in [0.5, 0.6) is 0 Å². The molecule has 0 fully saturated rings. The van der Waals surface area contributed by atoms with Crippen molar-refractivity contribution < 1.29 is 13.2 Å². The summed E-state index contributed by atoms with van der Waals surface area (Å²) in [4.78, 5) is 3.71. The lowest BCUT2D eigenvalue weighted by molar-refractivity contribution is -0.141. The van der Waals surface area contributed by atoms with Gasteiger partial charge in [-0.2, -0.15) is 18.3 Å². The fourth-order valence-corrected chi connectivity index (χ4v) is 3.05. The Hall–Kier alpha value is -1.83. The summed E-state index contributed by atoms with van der Waals surface area (Å²) in [6.07, 6.45) is -1.79. The van der Waals surface area contributed by atoms with E-state index in [0.717, 1.165) is 42.7 Å². The van der Waals surface area contributed by atoms with Crippen molar-refractivity contribution in [2.45, 2.75) is 46.0 Å². The van der Waals surface area contributed by atoms with Gasteiger partial charge in [0.15, 0.2) is 5.69 Å². The predicted molar refractivity (Wildman–Crippen MR) is 78.8 cm³/mol. The molecule has 0 spiro atoms. The molecule has 2 N–H and O–H groups in total. The smallest absolute Gasteiger partial charge is 0.334 e. The summed E-state index contributed by atoms with van der Waals surface area (Å²) >= 11 is 0. The maximum atomic E-state index is 12.7. The first kappa shape index (κ1) is 16.0. The maximum Gasteiger partial charge on any atom is 0.434 e. The molecule has 2 aromatic heterocycles. The number of aromatic nitrogens is 4. The third-order valence-electron chi connectivity index (χ3n) is 4.40. The second kappa shape index (κ2) is 5.99. The van der Waals surface area contributed by atoms with Crippen molar-refractivity contribution in [3.63, 3.8) is 0 Å². The Morgan fingerprint density at radius 2 is 2.17 bits per heavy atom. The van der Waals surface area contributed by atoms with Crippen molar-refractivity contribution in [2.24, 2.45) is 5.92 Å². The largest absolute Gasteiger partial charge is 0.434 e. The monoisotopic (exact) mass is 327 g/mol. The molecule has 0 saturated carbocycles. The van der Waals surface area contributed by atoms with Gasteiger partial charge >= 0.3 is 6.18 Å². The van der Waals surface area contributed by atoms with Gasteiger partial charge in [0, 0.05) is 37.0 Å². The van der Waals surface area contributed by atoms with Crippen LogP contribution in [-0.4, -0.2) is 26.3 Å². The van der Waals surface area contributed by atoms with E-state index in [0.29, 0.717) is 24.7 Å². The molecule has 3 heterocycles. The molecular weight excluding hydrogens is 307 g/mol. The molecule has 23 heavy (non-hydrogen) atoms. The van der Waals surface area contributed by atoms with Crippen LogP contribution in [-0.2, 0) is 25.7 Å². The molecule has 5 nitrogen and oxygen atoms in total. The van der Waals surface area contributed by atoms with Gasteiger partial charge in [-0.1, -0.05) is 0 Å². The third kappa shape index (κ3) is 3.41. The van der Waals surface area contributed by atoms with Gasteiger partial charge in [0.05, 0.1) is 5.69 Å². The second-order valence-electron chi connectivity index (χ2n) is 6.14. The zero-order valence-electron chi connectivity index (χ0n) is 13.2. The van der Waals surface area contributed by atoms with Crippen LogP contribution in [0.1, 0.15) is 34.9 Å². The maximum absolute atomic E-state index is 12.7. The number of H-pyrrole nitrogens is 1. The van der Waals surface area contributed by atoms with Gasteiger partial charge in [-0.15, -0.1) is 0 Å². The SMILES string of the molecule is Cc1n[nH]c(C)c1CNC[C@H]1CCc2nc(C(F)(F)F)cn2C1. The molecule has 8 heteroatoms. The van der Waals surface area contributed by atoms with Crippen LogP contribution < -0.4 is 5.32 Å². The Labute approximate surface area is 132 Å². The summed E-state index contributed by atoms with van der Waals surface area (Å²) in [5.41, 5.74) is 2.39. The number of fused-ring (bicyclic) bond motifs is 1. The molecule has 0 saturated heterocycles. The van der Waals surface area contributed by atoms with Gasteiger partial charge in [-0.3, -0.25) is 5.10 Å². The van der Waals surface area contributed by atoms with Gasteiger partial charge in [0.25, 0.3) is 0 Å². The van der Waals surface area contributed by atoms with E-state index in [2.05, 4.69) is 20.5 Å². The Kier molecular flexibility index (Phi) is 4.18. The minimum absolute atomic E-state index is 0.310. The van der Waals surface area contributed by atoms with Crippen LogP contribution in [0, 0.1) is 19.8 Å². The minimum Gasteiger partial charge on any atom is -0.334 e. The minimum atomic E-state index is -4.37. The lowest BCUT2D eigenvalue weighted by Gasteiger charge is -2.24. The van der Waals surface area contributed by atoms with Crippen LogP contribution in [0.3, 0.4) is 0 Å². The Bertz CT molecular complexity index is 666. The number of alkyl halides is 3. The molecule has 1 aliphatic rings. The number of hydrogen-bond donors (Lipinski definition) is 2.